The molecule has 0 bridgehead atoms. The zero-order valence-electron chi connectivity index (χ0n) is 9.80. The summed E-state index contributed by atoms with van der Waals surface area (Å²) < 4.78 is 4.55. The third-order valence-electron chi connectivity index (χ3n) is 2.94. The van der Waals surface area contributed by atoms with Crippen LogP contribution in [0.4, 0.5) is 5.82 Å². The molecule has 0 radical (unpaired) electrons. The molecule has 2 rings (SSSR count). The average molecular weight is 236 g/mol. The number of hydrogen-bond acceptors (Lipinski definition) is 5. The Hall–Kier alpha value is -1.62. The Morgan fingerprint density at radius 1 is 1.53 bits per heavy atom. The van der Waals surface area contributed by atoms with Gasteiger partial charge in [-0.2, -0.15) is 0 Å². The molecule has 0 saturated carbocycles. The van der Waals surface area contributed by atoms with E-state index in [1.54, 1.807) is 18.3 Å². The van der Waals surface area contributed by atoms with Crippen molar-refractivity contribution in [3.8, 4) is 0 Å². The van der Waals surface area contributed by atoms with Crippen LogP contribution in [0.1, 0.15) is 24.5 Å². The maximum Gasteiger partial charge on any atom is 0.339 e. The van der Waals surface area contributed by atoms with Crippen LogP contribution in [0.2, 0.25) is 0 Å². The molecule has 1 saturated heterocycles. The van der Waals surface area contributed by atoms with Crippen molar-refractivity contribution < 1.29 is 14.6 Å². The van der Waals surface area contributed by atoms with Gasteiger partial charge >= 0.3 is 5.97 Å². The minimum absolute atomic E-state index is 0.515. The molecule has 0 aliphatic carbocycles. The Morgan fingerprint density at radius 3 is 2.88 bits per heavy atom. The molecule has 1 fully saturated rings. The maximum atomic E-state index is 11.4. The van der Waals surface area contributed by atoms with Crippen molar-refractivity contribution in [1.29, 1.82) is 0 Å². The predicted molar refractivity (Wildman–Crippen MR) is 62.7 cm³/mol. The third-order valence-corrected chi connectivity index (χ3v) is 2.94. The van der Waals surface area contributed by atoms with E-state index in [0.29, 0.717) is 11.4 Å². The van der Waals surface area contributed by atoms with Gasteiger partial charge in [0.2, 0.25) is 0 Å². The van der Waals surface area contributed by atoms with Gasteiger partial charge in [0.05, 0.1) is 7.11 Å². The molecule has 1 aliphatic rings. The fraction of sp³-hybridized carbons (Fsp3) is 0.500. The highest BCUT2D eigenvalue weighted by atomic mass is 16.5. The van der Waals surface area contributed by atoms with Crippen LogP contribution in [0.5, 0.6) is 0 Å². The summed E-state index contributed by atoms with van der Waals surface area (Å²) in [6.45, 7) is 1.83. The van der Waals surface area contributed by atoms with Gasteiger partial charge in [-0.05, 0) is 18.9 Å². The molecule has 0 aromatic carbocycles. The Bertz CT molecular complexity index is 402. The average Bonchev–Trinajstić information content (AvgIpc) is 2.90. The van der Waals surface area contributed by atoms with Crippen molar-refractivity contribution in [2.45, 2.75) is 18.9 Å². The number of esters is 1. The van der Waals surface area contributed by atoms with Gasteiger partial charge in [-0.1, -0.05) is 6.07 Å². The Morgan fingerprint density at radius 2 is 2.24 bits per heavy atom. The third kappa shape index (κ3) is 2.39. The van der Waals surface area contributed by atoms with E-state index in [9.17, 15) is 9.90 Å². The first-order valence-electron chi connectivity index (χ1n) is 5.70. The van der Waals surface area contributed by atoms with Crippen LogP contribution in [-0.2, 0) is 9.53 Å². The molecule has 1 N–H and O–H groups in total. The first kappa shape index (κ1) is 11.9. The second-order valence-electron chi connectivity index (χ2n) is 4.04. The van der Waals surface area contributed by atoms with Gasteiger partial charge in [0.1, 0.15) is 5.82 Å². The molecule has 0 amide bonds. The summed E-state index contributed by atoms with van der Waals surface area (Å²) in [6, 6.07) is 3.42. The maximum absolute atomic E-state index is 11.4. The molecule has 5 heteroatoms. The first-order valence-corrected chi connectivity index (χ1v) is 5.70. The minimum Gasteiger partial charge on any atom is -0.467 e. The van der Waals surface area contributed by atoms with Crippen LogP contribution in [-0.4, -0.2) is 36.3 Å². The standard InChI is InChI=1S/C12H16N2O3/c1-17-12(16)10(15)9-5-4-6-13-11(9)14-7-2-3-8-14/h4-6,10,15H,2-3,7-8H2,1H3. The number of pyridine rings is 1. The number of aliphatic hydroxyl groups excluding tert-OH is 1. The molecular formula is C12H16N2O3. The topological polar surface area (TPSA) is 62.7 Å². The van der Waals surface area contributed by atoms with Crippen molar-refractivity contribution >= 4 is 11.8 Å². The zero-order valence-corrected chi connectivity index (χ0v) is 9.80. The summed E-state index contributed by atoms with van der Waals surface area (Å²) in [5, 5.41) is 9.89. The molecule has 1 aliphatic heterocycles. The number of nitrogens with zero attached hydrogens (tertiary/aromatic N) is 2. The molecule has 0 spiro atoms. The monoisotopic (exact) mass is 236 g/mol. The van der Waals surface area contributed by atoms with E-state index >= 15 is 0 Å². The fourth-order valence-corrected chi connectivity index (χ4v) is 2.05. The zero-order chi connectivity index (χ0) is 12.3. The van der Waals surface area contributed by atoms with Crippen molar-refractivity contribution in [3.05, 3.63) is 23.9 Å². The van der Waals surface area contributed by atoms with Crippen LogP contribution in [0, 0.1) is 0 Å². The van der Waals surface area contributed by atoms with Crippen molar-refractivity contribution in [3.63, 3.8) is 0 Å². The lowest BCUT2D eigenvalue weighted by molar-refractivity contribution is -0.150. The summed E-state index contributed by atoms with van der Waals surface area (Å²) in [5.74, 6) is 0.0290. The summed E-state index contributed by atoms with van der Waals surface area (Å²) >= 11 is 0. The molecule has 1 atom stereocenters. The lowest BCUT2D eigenvalue weighted by Gasteiger charge is -2.21. The first-order chi connectivity index (χ1) is 8.24. The van der Waals surface area contributed by atoms with E-state index in [2.05, 4.69) is 14.6 Å². The molecular weight excluding hydrogens is 220 g/mol. The SMILES string of the molecule is COC(=O)C(O)c1cccnc1N1CCCC1. The van der Waals surface area contributed by atoms with Crippen molar-refractivity contribution in [2.24, 2.45) is 0 Å². The number of carbonyl (C=O) groups is 1. The van der Waals surface area contributed by atoms with Gasteiger partial charge in [0.25, 0.3) is 0 Å². The highest BCUT2D eigenvalue weighted by Gasteiger charge is 2.25. The normalized spacial score (nSPS) is 16.9. The van der Waals surface area contributed by atoms with Gasteiger partial charge in [0.15, 0.2) is 6.10 Å². The minimum atomic E-state index is -1.26. The van der Waals surface area contributed by atoms with Crippen LogP contribution >= 0.6 is 0 Å². The molecule has 17 heavy (non-hydrogen) atoms. The van der Waals surface area contributed by atoms with E-state index in [4.69, 9.17) is 0 Å². The van der Waals surface area contributed by atoms with E-state index in [1.807, 2.05) is 0 Å². The summed E-state index contributed by atoms with van der Waals surface area (Å²) in [7, 11) is 1.26. The van der Waals surface area contributed by atoms with E-state index < -0.39 is 12.1 Å². The lowest BCUT2D eigenvalue weighted by atomic mass is 10.1. The van der Waals surface area contributed by atoms with Gasteiger partial charge in [-0.25, -0.2) is 9.78 Å². The molecule has 1 aromatic rings. The van der Waals surface area contributed by atoms with Crippen LogP contribution < -0.4 is 4.90 Å². The van der Waals surface area contributed by atoms with E-state index in [0.717, 1.165) is 25.9 Å². The fourth-order valence-electron chi connectivity index (χ4n) is 2.05. The van der Waals surface area contributed by atoms with Crippen LogP contribution in [0.25, 0.3) is 0 Å². The van der Waals surface area contributed by atoms with Crippen LogP contribution in [0.15, 0.2) is 18.3 Å². The number of aliphatic hydroxyl groups is 1. The van der Waals surface area contributed by atoms with Crippen molar-refractivity contribution in [2.75, 3.05) is 25.1 Å². The van der Waals surface area contributed by atoms with Crippen LogP contribution in [0.3, 0.4) is 0 Å². The molecule has 1 unspecified atom stereocenters. The quantitative estimate of drug-likeness (QED) is 0.790. The summed E-state index contributed by atoms with van der Waals surface area (Å²) in [4.78, 5) is 17.7. The van der Waals surface area contributed by atoms with Gasteiger partial charge < -0.3 is 14.7 Å². The molecule has 2 heterocycles. The number of aromatic nitrogens is 1. The van der Waals surface area contributed by atoms with Gasteiger partial charge in [-0.3, -0.25) is 0 Å². The molecule has 92 valence electrons. The Kier molecular flexibility index (Phi) is 3.58. The number of rotatable bonds is 3. The second kappa shape index (κ2) is 5.14. The summed E-state index contributed by atoms with van der Waals surface area (Å²) in [5.41, 5.74) is 0.515. The Balaban J connectivity index is 2.29. The van der Waals surface area contributed by atoms with Gasteiger partial charge in [0, 0.05) is 24.8 Å². The number of methoxy groups -OCH3 is 1. The number of anilines is 1. The smallest absolute Gasteiger partial charge is 0.339 e. The number of hydrogen-bond donors (Lipinski definition) is 1. The predicted octanol–water partition coefficient (Wildman–Crippen LogP) is 0.888. The summed E-state index contributed by atoms with van der Waals surface area (Å²) in [6.07, 6.45) is 2.64. The van der Waals surface area contributed by atoms with Gasteiger partial charge in [-0.15, -0.1) is 0 Å². The highest BCUT2D eigenvalue weighted by molar-refractivity contribution is 5.78. The number of ether oxygens (including phenoxy) is 1. The van der Waals surface area contributed by atoms with E-state index in [1.165, 1.54) is 7.11 Å². The molecule has 5 nitrogen and oxygen atoms in total. The largest absolute Gasteiger partial charge is 0.467 e. The second-order valence-corrected chi connectivity index (χ2v) is 4.04. The van der Waals surface area contributed by atoms with Crippen molar-refractivity contribution in [1.82, 2.24) is 4.98 Å². The van der Waals surface area contributed by atoms with E-state index in [-0.39, 0.29) is 0 Å². The molecule has 1 aromatic heterocycles. The highest BCUT2D eigenvalue weighted by Crippen LogP contribution is 2.27. The lowest BCUT2D eigenvalue weighted by Crippen LogP contribution is -2.23. The number of carbonyl (C=O) groups excluding carboxylic acids is 1. The Labute approximate surface area is 100 Å².